The van der Waals surface area contributed by atoms with E-state index >= 15 is 0 Å². The minimum absolute atomic E-state index is 0.149. The van der Waals surface area contributed by atoms with Gasteiger partial charge in [0, 0.05) is 0 Å². The predicted molar refractivity (Wildman–Crippen MR) is 79.8 cm³/mol. The normalized spacial score (nSPS) is 12.2. The molecule has 1 heterocycles. The van der Waals surface area contributed by atoms with Gasteiger partial charge in [0.25, 0.3) is 0 Å². The number of benzene rings is 1. The molecule has 1 aromatic carbocycles. The van der Waals surface area contributed by atoms with Gasteiger partial charge in [0.2, 0.25) is 0 Å². The lowest BCUT2D eigenvalue weighted by Gasteiger charge is -2.09. The molecule has 0 saturated heterocycles. The fraction of sp³-hybridized carbons (Fsp3) is 0.308. The van der Waals surface area contributed by atoms with Crippen LogP contribution in [0.3, 0.4) is 0 Å². The first kappa shape index (κ1) is 15.1. The van der Waals surface area contributed by atoms with Gasteiger partial charge in [-0.3, -0.25) is 0 Å². The van der Waals surface area contributed by atoms with E-state index < -0.39 is 11.7 Å². The second kappa shape index (κ2) is 5.27. The molecule has 2 rings (SSSR count). The molecule has 7 heteroatoms. The molecule has 0 fully saturated rings. The maximum Gasteiger partial charge on any atom is 0.416 e. The van der Waals surface area contributed by atoms with Crippen LogP contribution in [0.2, 0.25) is 0 Å². The highest BCUT2D eigenvalue weighted by Crippen LogP contribution is 2.32. The van der Waals surface area contributed by atoms with Crippen molar-refractivity contribution in [3.63, 3.8) is 0 Å². The molecule has 0 aliphatic carbocycles. The number of halogens is 4. The summed E-state index contributed by atoms with van der Waals surface area (Å²) in [6.07, 6.45) is -4.38. The highest BCUT2D eigenvalue weighted by atomic mass is 127. The molecule has 20 heavy (non-hydrogen) atoms. The molecule has 0 unspecified atom stereocenters. The van der Waals surface area contributed by atoms with E-state index in [4.69, 9.17) is 5.73 Å². The molecule has 0 amide bonds. The Kier molecular flexibility index (Phi) is 3.99. The van der Waals surface area contributed by atoms with E-state index in [0.29, 0.717) is 11.5 Å². The van der Waals surface area contributed by atoms with Gasteiger partial charge in [0.1, 0.15) is 5.82 Å². The van der Waals surface area contributed by atoms with E-state index in [1.165, 1.54) is 10.7 Å². The first-order chi connectivity index (χ1) is 9.21. The highest BCUT2D eigenvalue weighted by Gasteiger charge is 2.30. The summed E-state index contributed by atoms with van der Waals surface area (Å²) in [7, 11) is 0. The molecular weight excluding hydrogens is 382 g/mol. The second-order valence-electron chi connectivity index (χ2n) is 4.70. The van der Waals surface area contributed by atoms with E-state index in [1.54, 1.807) is 6.07 Å². The van der Waals surface area contributed by atoms with Crippen LogP contribution in [0.5, 0.6) is 0 Å². The average Bonchev–Trinajstić information content (AvgIpc) is 2.66. The van der Waals surface area contributed by atoms with Crippen LogP contribution in [0.15, 0.2) is 24.3 Å². The number of nitrogens with zero attached hydrogens (tertiary/aromatic N) is 2. The fourth-order valence-corrected chi connectivity index (χ4v) is 2.77. The number of aromatic nitrogens is 2. The second-order valence-corrected chi connectivity index (χ2v) is 5.78. The van der Waals surface area contributed by atoms with E-state index in [2.05, 4.69) is 27.7 Å². The minimum Gasteiger partial charge on any atom is -0.383 e. The van der Waals surface area contributed by atoms with Gasteiger partial charge in [-0.25, -0.2) is 4.68 Å². The van der Waals surface area contributed by atoms with Crippen molar-refractivity contribution in [2.75, 3.05) is 5.73 Å². The zero-order valence-corrected chi connectivity index (χ0v) is 13.0. The lowest BCUT2D eigenvalue weighted by molar-refractivity contribution is -0.137. The third-order valence-electron chi connectivity index (χ3n) is 2.85. The number of nitrogens with two attached hydrogens (primary N) is 1. The summed E-state index contributed by atoms with van der Waals surface area (Å²) in [5, 5.41) is 4.32. The van der Waals surface area contributed by atoms with Gasteiger partial charge < -0.3 is 5.73 Å². The predicted octanol–water partition coefficient (Wildman–Crippen LogP) is 4.20. The largest absolute Gasteiger partial charge is 0.416 e. The summed E-state index contributed by atoms with van der Waals surface area (Å²) >= 11 is 2.06. The number of hydrogen-bond acceptors (Lipinski definition) is 2. The molecule has 1 aromatic heterocycles. The van der Waals surface area contributed by atoms with Gasteiger partial charge in [-0.05, 0) is 46.7 Å². The van der Waals surface area contributed by atoms with Crippen LogP contribution in [-0.2, 0) is 6.18 Å². The van der Waals surface area contributed by atoms with Gasteiger partial charge in [0.15, 0.2) is 0 Å². The van der Waals surface area contributed by atoms with Crippen LogP contribution in [0.4, 0.5) is 19.0 Å². The molecule has 2 aromatic rings. The monoisotopic (exact) mass is 395 g/mol. The third kappa shape index (κ3) is 2.77. The van der Waals surface area contributed by atoms with Gasteiger partial charge in [-0.1, -0.05) is 19.9 Å². The number of hydrogen-bond donors (Lipinski definition) is 1. The quantitative estimate of drug-likeness (QED) is 0.775. The van der Waals surface area contributed by atoms with Crippen molar-refractivity contribution in [1.82, 2.24) is 9.78 Å². The molecular formula is C13H13F3IN3. The molecule has 0 saturated carbocycles. The molecule has 0 atom stereocenters. The molecule has 0 aliphatic heterocycles. The Morgan fingerprint density at radius 2 is 1.95 bits per heavy atom. The van der Waals surface area contributed by atoms with Crippen molar-refractivity contribution in [2.45, 2.75) is 25.9 Å². The molecule has 2 N–H and O–H groups in total. The topological polar surface area (TPSA) is 43.8 Å². The zero-order chi connectivity index (χ0) is 15.1. The van der Waals surface area contributed by atoms with Gasteiger partial charge in [-0.2, -0.15) is 18.3 Å². The first-order valence-electron chi connectivity index (χ1n) is 5.93. The van der Waals surface area contributed by atoms with Crippen molar-refractivity contribution >= 4 is 28.4 Å². The maximum atomic E-state index is 12.7. The standard InChI is InChI=1S/C13H13F3IN3/c1-7(2)11-10(17)12(18)20(19-11)9-5-3-4-8(6-9)13(14,15)16/h3-7H,18H2,1-2H3. The highest BCUT2D eigenvalue weighted by molar-refractivity contribution is 14.1. The van der Waals surface area contributed by atoms with E-state index in [1.807, 2.05) is 13.8 Å². The summed E-state index contributed by atoms with van der Waals surface area (Å²) < 4.78 is 40.3. The van der Waals surface area contributed by atoms with E-state index in [0.717, 1.165) is 21.4 Å². The summed E-state index contributed by atoms with van der Waals surface area (Å²) in [5.41, 5.74) is 6.31. The minimum atomic E-state index is -4.38. The molecule has 3 nitrogen and oxygen atoms in total. The Bertz CT molecular complexity index is 632. The van der Waals surface area contributed by atoms with Gasteiger partial charge in [0.05, 0.1) is 20.5 Å². The van der Waals surface area contributed by atoms with E-state index in [-0.39, 0.29) is 5.92 Å². The summed E-state index contributed by atoms with van der Waals surface area (Å²) in [6, 6.07) is 4.97. The van der Waals surface area contributed by atoms with Crippen molar-refractivity contribution in [3.05, 3.63) is 39.1 Å². The fourth-order valence-electron chi connectivity index (χ4n) is 1.81. The molecule has 108 valence electrons. The van der Waals surface area contributed by atoms with Crippen LogP contribution in [0, 0.1) is 3.57 Å². The molecule has 0 radical (unpaired) electrons. The SMILES string of the molecule is CC(C)c1nn(-c2cccc(C(F)(F)F)c2)c(N)c1I. The maximum absolute atomic E-state index is 12.7. The van der Waals surface area contributed by atoms with Crippen molar-refractivity contribution in [2.24, 2.45) is 0 Å². The van der Waals surface area contributed by atoms with Crippen LogP contribution in [0.25, 0.3) is 5.69 Å². The van der Waals surface area contributed by atoms with Gasteiger partial charge >= 0.3 is 6.18 Å². The smallest absolute Gasteiger partial charge is 0.383 e. The summed E-state index contributed by atoms with van der Waals surface area (Å²) in [6.45, 7) is 3.92. The Morgan fingerprint density at radius 1 is 1.30 bits per heavy atom. The third-order valence-corrected chi connectivity index (χ3v) is 3.96. The number of anilines is 1. The van der Waals surface area contributed by atoms with Crippen molar-refractivity contribution in [1.29, 1.82) is 0 Å². The Labute approximate surface area is 128 Å². The lowest BCUT2D eigenvalue weighted by atomic mass is 10.1. The summed E-state index contributed by atoms with van der Waals surface area (Å²) in [5.74, 6) is 0.505. The van der Waals surface area contributed by atoms with Crippen LogP contribution in [-0.4, -0.2) is 9.78 Å². The zero-order valence-electron chi connectivity index (χ0n) is 10.9. The van der Waals surface area contributed by atoms with E-state index in [9.17, 15) is 13.2 Å². The van der Waals surface area contributed by atoms with Crippen LogP contribution >= 0.6 is 22.6 Å². The average molecular weight is 395 g/mol. The lowest BCUT2D eigenvalue weighted by Crippen LogP contribution is -2.08. The van der Waals surface area contributed by atoms with Crippen LogP contribution < -0.4 is 5.73 Å². The molecule has 0 aliphatic rings. The Morgan fingerprint density at radius 3 is 2.45 bits per heavy atom. The number of alkyl halides is 3. The Balaban J connectivity index is 2.55. The summed E-state index contributed by atoms with van der Waals surface area (Å²) in [4.78, 5) is 0. The Hall–Kier alpha value is -1.25. The van der Waals surface area contributed by atoms with Gasteiger partial charge in [-0.15, -0.1) is 0 Å². The number of nitrogen functional groups attached to an aromatic ring is 1. The number of rotatable bonds is 2. The first-order valence-corrected chi connectivity index (χ1v) is 7.01. The van der Waals surface area contributed by atoms with Crippen molar-refractivity contribution < 1.29 is 13.2 Å². The van der Waals surface area contributed by atoms with Crippen LogP contribution in [0.1, 0.15) is 31.0 Å². The molecule has 0 spiro atoms. The van der Waals surface area contributed by atoms with Crippen molar-refractivity contribution in [3.8, 4) is 5.69 Å². The molecule has 0 bridgehead atoms.